The van der Waals surface area contributed by atoms with Crippen molar-refractivity contribution in [2.75, 3.05) is 45.1 Å². The molecule has 1 N–H and O–H groups in total. The third kappa shape index (κ3) is 4.73. The second-order valence-corrected chi connectivity index (χ2v) is 9.22. The maximum atomic E-state index is 12.8. The first-order chi connectivity index (χ1) is 16.5. The molecule has 0 spiro atoms. The van der Waals surface area contributed by atoms with Crippen LogP contribution < -0.4 is 11.1 Å². The van der Waals surface area contributed by atoms with Crippen LogP contribution in [0.5, 0.6) is 0 Å². The highest BCUT2D eigenvalue weighted by molar-refractivity contribution is 5.94. The number of para-hydroxylation sites is 1. The molecule has 1 atom stereocenters. The number of amides is 1. The highest BCUT2D eigenvalue weighted by atomic mass is 16.4. The number of nitrogens with zero attached hydrogens (tertiary/aromatic N) is 4. The fourth-order valence-electron chi connectivity index (χ4n) is 4.89. The van der Waals surface area contributed by atoms with Gasteiger partial charge in [-0.1, -0.05) is 24.3 Å². The van der Waals surface area contributed by atoms with Crippen molar-refractivity contribution in [3.8, 4) is 0 Å². The molecule has 0 saturated carbocycles. The van der Waals surface area contributed by atoms with Gasteiger partial charge in [-0.25, -0.2) is 4.79 Å². The van der Waals surface area contributed by atoms with E-state index in [1.165, 1.54) is 10.1 Å². The first-order valence-corrected chi connectivity index (χ1v) is 11.6. The molecule has 1 unspecified atom stereocenters. The standard InChI is InChI=1S/C26H29N5O3/c1-29-11-12-31(16-18(15-29)13-20-6-3-5-19-7-4-10-27-25(19)20)17-24(32)28-21-8-9-22-23(14-21)34-26(33)30(22)2/h3-10,14,18H,11-13,15-17H2,1-2H3,(H,28,32). The number of hydrogen-bond acceptors (Lipinski definition) is 6. The molecule has 0 radical (unpaired) electrons. The minimum absolute atomic E-state index is 0.0761. The summed E-state index contributed by atoms with van der Waals surface area (Å²) >= 11 is 0. The lowest BCUT2D eigenvalue weighted by atomic mass is 9.96. The van der Waals surface area contributed by atoms with Crippen molar-refractivity contribution < 1.29 is 9.21 Å². The third-order valence-corrected chi connectivity index (χ3v) is 6.55. The lowest BCUT2D eigenvalue weighted by Gasteiger charge is -2.24. The topological polar surface area (TPSA) is 83.6 Å². The second kappa shape index (κ2) is 9.40. The first-order valence-electron chi connectivity index (χ1n) is 11.6. The van der Waals surface area contributed by atoms with Crippen LogP contribution in [0.3, 0.4) is 0 Å². The van der Waals surface area contributed by atoms with Crippen molar-refractivity contribution in [1.29, 1.82) is 0 Å². The summed E-state index contributed by atoms with van der Waals surface area (Å²) in [5.74, 6) is -0.102. The van der Waals surface area contributed by atoms with Crippen molar-refractivity contribution in [1.82, 2.24) is 19.4 Å². The lowest BCUT2D eigenvalue weighted by Crippen LogP contribution is -2.37. The van der Waals surface area contributed by atoms with E-state index in [2.05, 4.69) is 51.4 Å². The number of aromatic nitrogens is 2. The summed E-state index contributed by atoms with van der Waals surface area (Å²) in [5.41, 5.74) is 4.09. The number of carbonyl (C=O) groups excluding carboxylic acids is 1. The second-order valence-electron chi connectivity index (χ2n) is 9.22. The number of aryl methyl sites for hydroxylation is 1. The Hall–Kier alpha value is -3.49. The zero-order valence-corrected chi connectivity index (χ0v) is 19.5. The number of nitrogens with one attached hydrogen (secondary N) is 1. The van der Waals surface area contributed by atoms with Crippen molar-refractivity contribution in [2.24, 2.45) is 13.0 Å². The molecule has 3 heterocycles. The summed E-state index contributed by atoms with van der Waals surface area (Å²) in [5, 5.41) is 4.11. The van der Waals surface area contributed by atoms with Crippen molar-refractivity contribution in [3.05, 3.63) is 70.8 Å². The summed E-state index contributed by atoms with van der Waals surface area (Å²) in [6.45, 7) is 3.88. The molecule has 1 aliphatic rings. The lowest BCUT2D eigenvalue weighted by molar-refractivity contribution is -0.117. The molecular formula is C26H29N5O3. The van der Waals surface area contributed by atoms with Gasteiger partial charge in [0.05, 0.1) is 17.6 Å². The van der Waals surface area contributed by atoms with Gasteiger partial charge in [0.2, 0.25) is 5.91 Å². The van der Waals surface area contributed by atoms with Gasteiger partial charge >= 0.3 is 5.76 Å². The SMILES string of the molecule is CN1CCN(CC(=O)Nc2ccc3c(c2)oc(=O)n3C)CC(Cc2cccc3cccnc23)C1. The Labute approximate surface area is 197 Å². The minimum Gasteiger partial charge on any atom is -0.408 e. The normalized spacial score (nSPS) is 17.8. The van der Waals surface area contributed by atoms with E-state index in [-0.39, 0.29) is 5.91 Å². The predicted molar refractivity (Wildman–Crippen MR) is 133 cm³/mol. The summed E-state index contributed by atoms with van der Waals surface area (Å²) in [6, 6.07) is 15.7. The number of oxazole rings is 1. The molecule has 1 amide bonds. The van der Waals surface area contributed by atoms with Gasteiger partial charge in [0, 0.05) is 56.6 Å². The zero-order valence-electron chi connectivity index (χ0n) is 19.5. The number of carbonyl (C=O) groups is 1. The van der Waals surface area contributed by atoms with E-state index in [0.29, 0.717) is 29.2 Å². The van der Waals surface area contributed by atoms with Crippen LogP contribution in [-0.4, -0.2) is 65.0 Å². The Balaban J connectivity index is 1.27. The molecule has 5 rings (SSSR count). The number of benzene rings is 2. The van der Waals surface area contributed by atoms with Gasteiger partial charge in [0.15, 0.2) is 5.58 Å². The van der Waals surface area contributed by atoms with Gasteiger partial charge < -0.3 is 14.6 Å². The summed E-state index contributed by atoms with van der Waals surface area (Å²) in [6.07, 6.45) is 2.76. The Morgan fingerprint density at radius 1 is 1.12 bits per heavy atom. The van der Waals surface area contributed by atoms with Crippen LogP contribution >= 0.6 is 0 Å². The average molecular weight is 460 g/mol. The Kier molecular flexibility index (Phi) is 6.17. The number of fused-ring (bicyclic) bond motifs is 2. The highest BCUT2D eigenvalue weighted by Gasteiger charge is 2.23. The molecule has 1 saturated heterocycles. The van der Waals surface area contributed by atoms with E-state index in [1.807, 2.05) is 12.3 Å². The van der Waals surface area contributed by atoms with Crippen LogP contribution in [-0.2, 0) is 18.3 Å². The molecule has 176 valence electrons. The fourth-order valence-corrected chi connectivity index (χ4v) is 4.89. The quantitative estimate of drug-likeness (QED) is 0.494. The maximum Gasteiger partial charge on any atom is 0.419 e. The number of hydrogen-bond donors (Lipinski definition) is 1. The molecular weight excluding hydrogens is 430 g/mol. The van der Waals surface area contributed by atoms with Crippen LogP contribution in [0.2, 0.25) is 0 Å². The van der Waals surface area contributed by atoms with E-state index in [1.54, 1.807) is 25.2 Å². The molecule has 2 aromatic carbocycles. The van der Waals surface area contributed by atoms with Crippen LogP contribution in [0, 0.1) is 5.92 Å². The van der Waals surface area contributed by atoms with Gasteiger partial charge in [-0.05, 0) is 43.1 Å². The maximum absolute atomic E-state index is 12.8. The molecule has 8 heteroatoms. The van der Waals surface area contributed by atoms with Crippen LogP contribution in [0.1, 0.15) is 5.56 Å². The molecule has 2 aromatic heterocycles. The number of rotatable bonds is 5. The Bertz CT molecular complexity index is 1390. The largest absolute Gasteiger partial charge is 0.419 e. The Morgan fingerprint density at radius 2 is 1.97 bits per heavy atom. The minimum atomic E-state index is -0.417. The van der Waals surface area contributed by atoms with Gasteiger partial charge in [-0.3, -0.25) is 19.2 Å². The average Bonchev–Trinajstić information content (AvgIpc) is 2.98. The van der Waals surface area contributed by atoms with Crippen molar-refractivity contribution in [2.45, 2.75) is 6.42 Å². The summed E-state index contributed by atoms with van der Waals surface area (Å²) < 4.78 is 6.68. The van der Waals surface area contributed by atoms with Gasteiger partial charge in [-0.15, -0.1) is 0 Å². The summed E-state index contributed by atoms with van der Waals surface area (Å²) in [4.78, 5) is 33.7. The Morgan fingerprint density at radius 3 is 2.85 bits per heavy atom. The molecule has 0 bridgehead atoms. The molecule has 4 aromatic rings. The predicted octanol–water partition coefficient (Wildman–Crippen LogP) is 2.72. The van der Waals surface area contributed by atoms with E-state index >= 15 is 0 Å². The highest BCUT2D eigenvalue weighted by Crippen LogP contribution is 2.22. The fraction of sp³-hybridized carbons (Fsp3) is 0.346. The molecule has 1 fully saturated rings. The van der Waals surface area contributed by atoms with Gasteiger partial charge in [-0.2, -0.15) is 0 Å². The smallest absolute Gasteiger partial charge is 0.408 e. The first kappa shape index (κ1) is 22.3. The molecule has 34 heavy (non-hydrogen) atoms. The molecule has 1 aliphatic heterocycles. The van der Waals surface area contributed by atoms with E-state index in [4.69, 9.17) is 4.42 Å². The summed E-state index contributed by atoms with van der Waals surface area (Å²) in [7, 11) is 3.80. The zero-order chi connectivity index (χ0) is 23.7. The third-order valence-electron chi connectivity index (χ3n) is 6.55. The van der Waals surface area contributed by atoms with Gasteiger partial charge in [0.1, 0.15) is 0 Å². The van der Waals surface area contributed by atoms with Crippen LogP contribution in [0.15, 0.2) is 63.9 Å². The van der Waals surface area contributed by atoms with Crippen LogP contribution in [0.25, 0.3) is 22.0 Å². The van der Waals surface area contributed by atoms with Crippen LogP contribution in [0.4, 0.5) is 5.69 Å². The van der Waals surface area contributed by atoms with Crippen molar-refractivity contribution >= 4 is 33.6 Å². The number of likely N-dealkylation sites (N-methyl/N-ethyl adjacent to an activating group) is 1. The number of anilines is 1. The van der Waals surface area contributed by atoms with Gasteiger partial charge in [0.25, 0.3) is 0 Å². The van der Waals surface area contributed by atoms with Crippen molar-refractivity contribution in [3.63, 3.8) is 0 Å². The number of pyridine rings is 1. The molecule has 0 aliphatic carbocycles. The van der Waals surface area contributed by atoms with E-state index in [0.717, 1.165) is 43.5 Å². The molecule has 8 nitrogen and oxygen atoms in total. The van der Waals surface area contributed by atoms with E-state index in [9.17, 15) is 9.59 Å². The van der Waals surface area contributed by atoms with E-state index < -0.39 is 5.76 Å². The monoisotopic (exact) mass is 459 g/mol.